The Morgan fingerprint density at radius 2 is 2.38 bits per heavy atom. The quantitative estimate of drug-likeness (QED) is 0.397. The highest BCUT2D eigenvalue weighted by molar-refractivity contribution is 4.75. The molecule has 0 heterocycles. The summed E-state index contributed by atoms with van der Waals surface area (Å²) < 4.78 is 5.01. The van der Waals surface area contributed by atoms with Crippen molar-refractivity contribution in [1.82, 2.24) is 0 Å². The molecule has 0 aromatic heterocycles. The Kier molecular flexibility index (Phi) is 6.45. The normalized spacial score (nSPS) is 10.8. The van der Waals surface area contributed by atoms with Crippen molar-refractivity contribution in [3.63, 3.8) is 0 Å². The highest BCUT2D eigenvalue weighted by Gasteiger charge is 1.76. The van der Waals surface area contributed by atoms with Crippen LogP contribution in [0.25, 0.3) is 0 Å². The summed E-state index contributed by atoms with van der Waals surface area (Å²) in [6.07, 6.45) is 4.52. The molecular formula is C7H12O. The lowest BCUT2D eigenvalue weighted by Gasteiger charge is -1.93. The van der Waals surface area contributed by atoms with Crippen molar-refractivity contribution < 1.29 is 4.74 Å². The minimum Gasteiger partial charge on any atom is -0.377 e. The van der Waals surface area contributed by atoms with E-state index in [4.69, 9.17) is 11.7 Å². The van der Waals surface area contributed by atoms with Crippen LogP contribution in [0, 0.1) is 6.92 Å². The van der Waals surface area contributed by atoms with E-state index in [1.165, 1.54) is 0 Å². The molecule has 0 aromatic carbocycles. The first-order valence-corrected chi connectivity index (χ1v) is 2.80. The molecule has 0 unspecified atom stereocenters. The van der Waals surface area contributed by atoms with Crippen LogP contribution < -0.4 is 0 Å². The average Bonchev–Trinajstić information content (AvgIpc) is 1.81. The molecule has 2 radical (unpaired) electrons. The van der Waals surface area contributed by atoms with Crippen molar-refractivity contribution in [3.05, 3.63) is 19.1 Å². The zero-order valence-corrected chi connectivity index (χ0v) is 5.26. The van der Waals surface area contributed by atoms with E-state index in [1.807, 2.05) is 19.1 Å². The maximum Gasteiger partial charge on any atom is 0.0647 e. The molecule has 1 heteroatoms. The van der Waals surface area contributed by atoms with E-state index < -0.39 is 0 Å². The second kappa shape index (κ2) is 6.70. The van der Waals surface area contributed by atoms with Gasteiger partial charge in [0.2, 0.25) is 0 Å². The van der Waals surface area contributed by atoms with E-state index in [0.29, 0.717) is 19.6 Å². The van der Waals surface area contributed by atoms with Gasteiger partial charge in [0.05, 0.1) is 6.61 Å². The van der Waals surface area contributed by atoms with Crippen molar-refractivity contribution in [1.29, 1.82) is 0 Å². The lowest BCUT2D eigenvalue weighted by atomic mass is 10.5. The van der Waals surface area contributed by atoms with Crippen molar-refractivity contribution in [2.24, 2.45) is 0 Å². The fourth-order valence-corrected chi connectivity index (χ4v) is 0.331. The summed E-state index contributed by atoms with van der Waals surface area (Å²) in [6.45, 7) is 8.47. The molecule has 8 heavy (non-hydrogen) atoms. The van der Waals surface area contributed by atoms with E-state index >= 15 is 0 Å². The van der Waals surface area contributed by atoms with Gasteiger partial charge in [-0.1, -0.05) is 12.2 Å². The minimum atomic E-state index is 0.609. The van der Waals surface area contributed by atoms with Crippen molar-refractivity contribution in [3.8, 4) is 0 Å². The fraction of sp³-hybridized carbons (Fsp3) is 0.571. The van der Waals surface area contributed by atoms with Crippen LogP contribution in [0.5, 0.6) is 0 Å². The van der Waals surface area contributed by atoms with E-state index in [0.717, 1.165) is 0 Å². The molecule has 0 aliphatic carbocycles. The average molecular weight is 112 g/mol. The van der Waals surface area contributed by atoms with Crippen molar-refractivity contribution in [2.75, 3.05) is 13.2 Å². The number of rotatable bonds is 4. The summed E-state index contributed by atoms with van der Waals surface area (Å²) in [5.41, 5.74) is 0. The Bertz CT molecular complexity index is 57.4. The molecule has 0 saturated heterocycles. The third kappa shape index (κ3) is 5.70. The molecular weight excluding hydrogens is 100 g/mol. The molecule has 0 aliphatic rings. The highest BCUT2D eigenvalue weighted by atomic mass is 16.5. The molecule has 46 valence electrons. The van der Waals surface area contributed by atoms with Gasteiger partial charge in [0.15, 0.2) is 0 Å². The van der Waals surface area contributed by atoms with Gasteiger partial charge in [-0.2, -0.15) is 0 Å². The van der Waals surface area contributed by atoms with Crippen LogP contribution >= 0.6 is 0 Å². The third-order valence-electron chi connectivity index (χ3n) is 0.712. The maximum atomic E-state index is 5.16. The Balaban J connectivity index is 2.72. The van der Waals surface area contributed by atoms with Gasteiger partial charge in [-0.05, 0) is 20.3 Å². The molecule has 0 rings (SSSR count). The molecule has 1 nitrogen and oxygen atoms in total. The van der Waals surface area contributed by atoms with Crippen molar-refractivity contribution >= 4 is 0 Å². The largest absolute Gasteiger partial charge is 0.377 e. The SMILES string of the molecule is [CH]CCOC/C=C/C. The van der Waals surface area contributed by atoms with Gasteiger partial charge in [-0.3, -0.25) is 0 Å². The predicted octanol–water partition coefficient (Wildman–Crippen LogP) is 1.68. The molecule has 0 fully saturated rings. The number of hydrogen-bond donors (Lipinski definition) is 0. The van der Waals surface area contributed by atoms with Gasteiger partial charge < -0.3 is 4.74 Å². The Morgan fingerprint density at radius 1 is 1.62 bits per heavy atom. The van der Waals surface area contributed by atoms with E-state index in [-0.39, 0.29) is 0 Å². The standard InChI is InChI=1S/C7H12O/c1-3-5-7-8-6-4-2/h2-3,5H,4,6-7H2,1H3/b5-3+. The zero-order valence-electron chi connectivity index (χ0n) is 5.26. The van der Waals surface area contributed by atoms with Gasteiger partial charge >= 0.3 is 0 Å². The topological polar surface area (TPSA) is 9.23 Å². The van der Waals surface area contributed by atoms with Crippen LogP contribution in [0.2, 0.25) is 0 Å². The summed E-state index contributed by atoms with van der Waals surface area (Å²) >= 11 is 0. The second-order valence-corrected chi connectivity index (χ2v) is 1.43. The Morgan fingerprint density at radius 3 is 2.88 bits per heavy atom. The molecule has 0 aliphatic heterocycles. The number of allylic oxidation sites excluding steroid dienone is 1. The highest BCUT2D eigenvalue weighted by Crippen LogP contribution is 1.79. The zero-order chi connectivity index (χ0) is 6.24. The van der Waals surface area contributed by atoms with Crippen LogP contribution in [0.15, 0.2) is 12.2 Å². The molecule has 0 amide bonds. The monoisotopic (exact) mass is 112 g/mol. The van der Waals surface area contributed by atoms with Gasteiger partial charge in [0.25, 0.3) is 0 Å². The predicted molar refractivity (Wildman–Crippen MR) is 34.5 cm³/mol. The summed E-state index contributed by atoms with van der Waals surface area (Å²) in [7, 11) is 0. The molecule has 0 atom stereocenters. The lowest BCUT2D eigenvalue weighted by molar-refractivity contribution is 0.167. The third-order valence-corrected chi connectivity index (χ3v) is 0.712. The van der Waals surface area contributed by atoms with E-state index in [9.17, 15) is 0 Å². The molecule has 0 bridgehead atoms. The number of ether oxygens (including phenoxy) is 1. The molecule has 0 aromatic rings. The second-order valence-electron chi connectivity index (χ2n) is 1.43. The van der Waals surface area contributed by atoms with Crippen LogP contribution in [-0.4, -0.2) is 13.2 Å². The van der Waals surface area contributed by atoms with Crippen LogP contribution in [0.4, 0.5) is 0 Å². The Labute approximate surface area is 51.4 Å². The minimum absolute atomic E-state index is 0.609. The van der Waals surface area contributed by atoms with Gasteiger partial charge in [0, 0.05) is 6.61 Å². The molecule has 0 N–H and O–H groups in total. The summed E-state index contributed by atoms with van der Waals surface area (Å²) in [4.78, 5) is 0. The fourth-order valence-electron chi connectivity index (χ4n) is 0.331. The first-order chi connectivity index (χ1) is 3.91. The molecule has 0 spiro atoms. The van der Waals surface area contributed by atoms with Crippen LogP contribution in [0.1, 0.15) is 13.3 Å². The smallest absolute Gasteiger partial charge is 0.0647 e. The van der Waals surface area contributed by atoms with Crippen molar-refractivity contribution in [2.45, 2.75) is 13.3 Å². The Hall–Kier alpha value is -0.300. The molecule has 0 saturated carbocycles. The van der Waals surface area contributed by atoms with E-state index in [2.05, 4.69) is 0 Å². The summed E-state index contributed by atoms with van der Waals surface area (Å²) in [5.74, 6) is 0. The van der Waals surface area contributed by atoms with Crippen LogP contribution in [0.3, 0.4) is 0 Å². The maximum absolute atomic E-state index is 5.16. The lowest BCUT2D eigenvalue weighted by Crippen LogP contribution is -1.90. The first-order valence-electron chi connectivity index (χ1n) is 2.80. The van der Waals surface area contributed by atoms with E-state index in [1.54, 1.807) is 0 Å². The summed E-state index contributed by atoms with van der Waals surface area (Å²) in [6, 6.07) is 0. The van der Waals surface area contributed by atoms with Gasteiger partial charge in [-0.25, -0.2) is 0 Å². The summed E-state index contributed by atoms with van der Waals surface area (Å²) in [5, 5.41) is 0. The number of hydrogen-bond acceptors (Lipinski definition) is 1. The first kappa shape index (κ1) is 7.70. The van der Waals surface area contributed by atoms with Gasteiger partial charge in [-0.15, -0.1) is 0 Å². The van der Waals surface area contributed by atoms with Gasteiger partial charge in [0.1, 0.15) is 0 Å². The van der Waals surface area contributed by atoms with Crippen LogP contribution in [-0.2, 0) is 4.74 Å².